The van der Waals surface area contributed by atoms with Gasteiger partial charge in [-0.25, -0.2) is 4.79 Å². The number of methoxy groups -OCH3 is 1. The zero-order valence-corrected chi connectivity index (χ0v) is 14.7. The number of nitrogens with one attached hydrogen (secondary N) is 1. The summed E-state index contributed by atoms with van der Waals surface area (Å²) in [4.78, 5) is 24.5. The van der Waals surface area contributed by atoms with E-state index in [0.717, 1.165) is 16.7 Å². The highest BCUT2D eigenvalue weighted by Crippen LogP contribution is 2.16. The molecule has 0 aliphatic carbocycles. The van der Waals surface area contributed by atoms with Crippen LogP contribution in [0, 0.1) is 13.8 Å². The highest BCUT2D eigenvalue weighted by Gasteiger charge is 2.24. The van der Waals surface area contributed by atoms with Crippen LogP contribution in [-0.2, 0) is 16.0 Å². The molecule has 0 aliphatic heterocycles. The minimum atomic E-state index is -0.752. The van der Waals surface area contributed by atoms with Gasteiger partial charge in [0, 0.05) is 17.0 Å². The number of hydrogen-bond acceptors (Lipinski definition) is 3. The largest absolute Gasteiger partial charge is 0.467 e. The number of esters is 1. The number of amides is 1. The molecule has 2 rings (SSSR count). The van der Waals surface area contributed by atoms with Crippen LogP contribution < -0.4 is 5.32 Å². The lowest BCUT2D eigenvalue weighted by atomic mass is 9.96. The first-order valence-electron chi connectivity index (χ1n) is 7.61. The Morgan fingerprint density at radius 2 is 1.67 bits per heavy atom. The number of carbonyl (C=O) groups is 2. The number of aryl methyl sites for hydroxylation is 2. The Morgan fingerprint density at radius 3 is 2.21 bits per heavy atom. The van der Waals surface area contributed by atoms with Crippen molar-refractivity contribution in [1.82, 2.24) is 5.32 Å². The van der Waals surface area contributed by atoms with Crippen LogP contribution in [0.5, 0.6) is 0 Å². The molecule has 0 heterocycles. The van der Waals surface area contributed by atoms with Gasteiger partial charge in [0.2, 0.25) is 0 Å². The van der Waals surface area contributed by atoms with Crippen molar-refractivity contribution < 1.29 is 14.3 Å². The third-order valence-corrected chi connectivity index (χ3v) is 4.20. The Kier molecular flexibility index (Phi) is 5.99. The SMILES string of the molecule is COC(=O)[C@H](Cc1c(C)cccc1C)NC(=O)c1ccc(Cl)cc1. The molecule has 2 aromatic carbocycles. The Bertz CT molecular complexity index is 721. The first kappa shape index (κ1) is 18.0. The summed E-state index contributed by atoms with van der Waals surface area (Å²) in [5, 5.41) is 3.30. The van der Waals surface area contributed by atoms with Crippen molar-refractivity contribution in [2.45, 2.75) is 26.3 Å². The monoisotopic (exact) mass is 345 g/mol. The summed E-state index contributed by atoms with van der Waals surface area (Å²) in [6.45, 7) is 3.97. The molecule has 2 aromatic rings. The lowest BCUT2D eigenvalue weighted by molar-refractivity contribution is -0.142. The van der Waals surface area contributed by atoms with Gasteiger partial charge in [-0.2, -0.15) is 0 Å². The molecule has 0 saturated heterocycles. The van der Waals surface area contributed by atoms with Crippen LogP contribution in [0.25, 0.3) is 0 Å². The summed E-state index contributed by atoms with van der Waals surface area (Å²) in [5.74, 6) is -0.812. The van der Waals surface area contributed by atoms with Gasteiger partial charge in [0.05, 0.1) is 7.11 Å². The van der Waals surface area contributed by atoms with Crippen molar-refractivity contribution >= 4 is 23.5 Å². The molecule has 5 heteroatoms. The highest BCUT2D eigenvalue weighted by molar-refractivity contribution is 6.30. The van der Waals surface area contributed by atoms with Crippen LogP contribution in [-0.4, -0.2) is 25.0 Å². The number of carbonyl (C=O) groups excluding carboxylic acids is 2. The van der Waals surface area contributed by atoms with Crippen molar-refractivity contribution in [3.05, 3.63) is 69.7 Å². The normalized spacial score (nSPS) is 11.7. The van der Waals surface area contributed by atoms with E-state index in [1.165, 1.54) is 7.11 Å². The summed E-state index contributed by atoms with van der Waals surface area (Å²) in [7, 11) is 1.31. The second kappa shape index (κ2) is 7.97. The molecule has 0 fully saturated rings. The van der Waals surface area contributed by atoms with E-state index in [1.54, 1.807) is 24.3 Å². The molecule has 126 valence electrons. The number of benzene rings is 2. The first-order valence-corrected chi connectivity index (χ1v) is 7.99. The van der Waals surface area contributed by atoms with E-state index >= 15 is 0 Å². The van der Waals surface area contributed by atoms with Gasteiger partial charge in [-0.15, -0.1) is 0 Å². The second-order valence-corrected chi connectivity index (χ2v) is 6.07. The molecular formula is C19H20ClNO3. The van der Waals surface area contributed by atoms with E-state index < -0.39 is 12.0 Å². The van der Waals surface area contributed by atoms with E-state index in [4.69, 9.17) is 16.3 Å². The summed E-state index contributed by atoms with van der Waals surface area (Å²) in [6.07, 6.45) is 0.379. The number of rotatable bonds is 5. The third-order valence-electron chi connectivity index (χ3n) is 3.95. The molecule has 0 unspecified atom stereocenters. The molecule has 0 aromatic heterocycles. The van der Waals surface area contributed by atoms with Gasteiger partial charge in [0.1, 0.15) is 6.04 Å². The average Bonchev–Trinajstić information content (AvgIpc) is 2.57. The number of hydrogen-bond donors (Lipinski definition) is 1. The molecule has 1 N–H and O–H groups in total. The molecule has 0 radical (unpaired) electrons. The third kappa shape index (κ3) is 4.36. The van der Waals surface area contributed by atoms with Crippen LogP contribution in [0.15, 0.2) is 42.5 Å². The van der Waals surface area contributed by atoms with Crippen molar-refractivity contribution in [3.8, 4) is 0 Å². The summed E-state index contributed by atoms with van der Waals surface area (Å²) < 4.78 is 4.85. The Labute approximate surface area is 146 Å². The maximum Gasteiger partial charge on any atom is 0.328 e. The minimum absolute atomic E-state index is 0.340. The lowest BCUT2D eigenvalue weighted by Gasteiger charge is -2.19. The molecule has 0 spiro atoms. The number of ether oxygens (including phenoxy) is 1. The van der Waals surface area contributed by atoms with Crippen molar-refractivity contribution in [3.63, 3.8) is 0 Å². The Balaban J connectivity index is 2.21. The van der Waals surface area contributed by atoms with Gasteiger partial charge in [-0.1, -0.05) is 29.8 Å². The second-order valence-electron chi connectivity index (χ2n) is 5.63. The van der Waals surface area contributed by atoms with E-state index in [2.05, 4.69) is 5.32 Å². The fourth-order valence-electron chi connectivity index (χ4n) is 2.55. The van der Waals surface area contributed by atoms with Gasteiger partial charge >= 0.3 is 5.97 Å². The predicted molar refractivity (Wildman–Crippen MR) is 94.3 cm³/mol. The average molecular weight is 346 g/mol. The van der Waals surface area contributed by atoms with Crippen molar-refractivity contribution in [2.75, 3.05) is 7.11 Å². The van der Waals surface area contributed by atoms with E-state index in [1.807, 2.05) is 32.0 Å². The molecule has 0 saturated carbocycles. The zero-order valence-electron chi connectivity index (χ0n) is 13.9. The van der Waals surface area contributed by atoms with Crippen molar-refractivity contribution in [1.29, 1.82) is 0 Å². The molecule has 4 nitrogen and oxygen atoms in total. The zero-order chi connectivity index (χ0) is 17.7. The predicted octanol–water partition coefficient (Wildman–Crippen LogP) is 3.47. The molecule has 0 bridgehead atoms. The maximum atomic E-state index is 12.4. The summed E-state index contributed by atoms with van der Waals surface area (Å²) in [5.41, 5.74) is 3.62. The molecule has 0 aliphatic rings. The molecular weight excluding hydrogens is 326 g/mol. The molecule has 1 amide bonds. The van der Waals surface area contributed by atoms with E-state index in [-0.39, 0.29) is 5.91 Å². The fraction of sp³-hybridized carbons (Fsp3) is 0.263. The topological polar surface area (TPSA) is 55.4 Å². The van der Waals surface area contributed by atoms with Crippen molar-refractivity contribution in [2.24, 2.45) is 0 Å². The number of halogens is 1. The van der Waals surface area contributed by atoms with Gasteiger partial charge < -0.3 is 10.1 Å². The van der Waals surface area contributed by atoms with E-state index in [0.29, 0.717) is 17.0 Å². The minimum Gasteiger partial charge on any atom is -0.467 e. The standard InChI is InChI=1S/C19H20ClNO3/c1-12-5-4-6-13(2)16(12)11-17(19(23)24-3)21-18(22)14-7-9-15(20)10-8-14/h4-10,17H,11H2,1-3H3,(H,21,22)/t17-/m0/s1. The lowest BCUT2D eigenvalue weighted by Crippen LogP contribution is -2.43. The smallest absolute Gasteiger partial charge is 0.328 e. The fourth-order valence-corrected chi connectivity index (χ4v) is 2.68. The van der Waals surface area contributed by atoms with Gasteiger partial charge in [-0.05, 0) is 54.8 Å². The highest BCUT2D eigenvalue weighted by atomic mass is 35.5. The Hall–Kier alpha value is -2.33. The molecule has 1 atom stereocenters. The summed E-state index contributed by atoms with van der Waals surface area (Å²) in [6, 6.07) is 11.7. The summed E-state index contributed by atoms with van der Waals surface area (Å²) >= 11 is 5.83. The Morgan fingerprint density at radius 1 is 1.08 bits per heavy atom. The van der Waals surface area contributed by atoms with Crippen LogP contribution in [0.1, 0.15) is 27.0 Å². The quantitative estimate of drug-likeness (QED) is 0.844. The maximum absolute atomic E-state index is 12.4. The molecule has 24 heavy (non-hydrogen) atoms. The van der Waals surface area contributed by atoms with Gasteiger partial charge in [0.25, 0.3) is 5.91 Å². The van der Waals surface area contributed by atoms with Crippen LogP contribution in [0.3, 0.4) is 0 Å². The van der Waals surface area contributed by atoms with E-state index in [9.17, 15) is 9.59 Å². The first-order chi connectivity index (χ1) is 11.4. The van der Waals surface area contributed by atoms with Crippen LogP contribution in [0.2, 0.25) is 5.02 Å². The van der Waals surface area contributed by atoms with Gasteiger partial charge in [-0.3, -0.25) is 4.79 Å². The van der Waals surface area contributed by atoms with Crippen LogP contribution >= 0.6 is 11.6 Å². The van der Waals surface area contributed by atoms with Crippen LogP contribution in [0.4, 0.5) is 0 Å². The van der Waals surface area contributed by atoms with Gasteiger partial charge in [0.15, 0.2) is 0 Å².